The first-order valence-electron chi connectivity index (χ1n) is 4.65. The van der Waals surface area contributed by atoms with Crippen LogP contribution in [0.5, 0.6) is 0 Å². The fraction of sp³-hybridized carbons (Fsp3) is 0.200. The Morgan fingerprint density at radius 3 is 2.40 bits per heavy atom. The van der Waals surface area contributed by atoms with Crippen LogP contribution in [0.1, 0.15) is 0 Å². The second kappa shape index (κ2) is 3.61. The molecule has 2 rings (SSSR count). The van der Waals surface area contributed by atoms with Gasteiger partial charge < -0.3 is 11.1 Å². The Balaban J connectivity index is 2.45. The number of benzene rings is 1. The van der Waals surface area contributed by atoms with Crippen LogP contribution < -0.4 is 11.1 Å². The fourth-order valence-corrected chi connectivity index (χ4v) is 1.43. The number of hydrogen-bond acceptors (Lipinski definition) is 4. The smallest absolute Gasteiger partial charge is 0.224 e. The number of hydrogen-bond donors (Lipinski definition) is 2. The molecule has 5 heteroatoms. The van der Waals surface area contributed by atoms with Crippen molar-refractivity contribution in [2.45, 2.75) is 0 Å². The SMILES string of the molecule is CNc1nnc(-c2ccc(N)cc2)n1C. The lowest BCUT2D eigenvalue weighted by molar-refractivity contribution is 0.925. The number of aromatic nitrogens is 3. The summed E-state index contributed by atoms with van der Waals surface area (Å²) in [7, 11) is 3.73. The third-order valence-corrected chi connectivity index (χ3v) is 2.27. The third-order valence-electron chi connectivity index (χ3n) is 2.27. The van der Waals surface area contributed by atoms with Gasteiger partial charge in [0.2, 0.25) is 5.95 Å². The van der Waals surface area contributed by atoms with Gasteiger partial charge in [0.25, 0.3) is 0 Å². The maximum atomic E-state index is 5.62. The van der Waals surface area contributed by atoms with E-state index in [1.165, 1.54) is 0 Å². The van der Waals surface area contributed by atoms with Crippen LogP contribution in [0, 0.1) is 0 Å². The van der Waals surface area contributed by atoms with Gasteiger partial charge in [0.15, 0.2) is 5.82 Å². The number of nitrogens with one attached hydrogen (secondary N) is 1. The number of nitrogens with zero attached hydrogens (tertiary/aromatic N) is 3. The molecule has 0 aliphatic heterocycles. The van der Waals surface area contributed by atoms with Crippen molar-refractivity contribution in [2.24, 2.45) is 7.05 Å². The fourth-order valence-electron chi connectivity index (χ4n) is 1.43. The zero-order valence-corrected chi connectivity index (χ0v) is 8.73. The minimum atomic E-state index is 0.738. The maximum Gasteiger partial charge on any atom is 0.224 e. The lowest BCUT2D eigenvalue weighted by Crippen LogP contribution is -1.99. The van der Waals surface area contributed by atoms with Crippen LogP contribution in [-0.2, 0) is 7.05 Å². The molecule has 0 aliphatic carbocycles. The van der Waals surface area contributed by atoms with Crippen molar-refractivity contribution in [1.82, 2.24) is 14.8 Å². The average molecular weight is 203 g/mol. The van der Waals surface area contributed by atoms with Crippen molar-refractivity contribution in [3.05, 3.63) is 24.3 Å². The monoisotopic (exact) mass is 203 g/mol. The molecule has 0 saturated heterocycles. The number of rotatable bonds is 2. The predicted octanol–water partition coefficient (Wildman–Crippen LogP) is 1.11. The second-order valence-electron chi connectivity index (χ2n) is 3.28. The topological polar surface area (TPSA) is 68.8 Å². The highest BCUT2D eigenvalue weighted by Gasteiger charge is 2.08. The molecule has 1 aromatic carbocycles. The number of anilines is 2. The van der Waals surface area contributed by atoms with E-state index in [4.69, 9.17) is 5.73 Å². The molecule has 1 heterocycles. The van der Waals surface area contributed by atoms with Gasteiger partial charge in [-0.2, -0.15) is 0 Å². The van der Waals surface area contributed by atoms with E-state index in [0.717, 1.165) is 23.0 Å². The molecule has 15 heavy (non-hydrogen) atoms. The molecule has 0 bridgehead atoms. The van der Waals surface area contributed by atoms with Gasteiger partial charge in [0.1, 0.15) is 0 Å². The summed E-state index contributed by atoms with van der Waals surface area (Å²) in [4.78, 5) is 0. The highest BCUT2D eigenvalue weighted by molar-refractivity contribution is 5.60. The van der Waals surface area contributed by atoms with Gasteiger partial charge in [-0.3, -0.25) is 4.57 Å². The lowest BCUT2D eigenvalue weighted by atomic mass is 10.2. The Kier molecular flexibility index (Phi) is 2.29. The first-order chi connectivity index (χ1) is 7.22. The van der Waals surface area contributed by atoms with Gasteiger partial charge in [0, 0.05) is 25.3 Å². The van der Waals surface area contributed by atoms with Crippen LogP contribution in [-0.4, -0.2) is 21.8 Å². The van der Waals surface area contributed by atoms with Crippen molar-refractivity contribution < 1.29 is 0 Å². The molecule has 0 unspecified atom stereocenters. The van der Waals surface area contributed by atoms with E-state index < -0.39 is 0 Å². The average Bonchev–Trinajstić information content (AvgIpc) is 2.61. The molecule has 2 aromatic rings. The Morgan fingerprint density at radius 1 is 1.20 bits per heavy atom. The van der Waals surface area contributed by atoms with E-state index in [2.05, 4.69) is 15.5 Å². The summed E-state index contributed by atoms with van der Waals surface area (Å²) in [5.74, 6) is 1.56. The lowest BCUT2D eigenvalue weighted by Gasteiger charge is -2.03. The first-order valence-corrected chi connectivity index (χ1v) is 4.65. The third kappa shape index (κ3) is 1.63. The zero-order valence-electron chi connectivity index (χ0n) is 8.73. The van der Waals surface area contributed by atoms with Crippen LogP contribution >= 0.6 is 0 Å². The molecular formula is C10H13N5. The van der Waals surface area contributed by atoms with Crippen molar-refractivity contribution in [3.8, 4) is 11.4 Å². The van der Waals surface area contributed by atoms with Crippen molar-refractivity contribution in [2.75, 3.05) is 18.1 Å². The van der Waals surface area contributed by atoms with E-state index in [1.54, 1.807) is 0 Å². The molecule has 0 amide bonds. The van der Waals surface area contributed by atoms with Crippen LogP contribution in [0.2, 0.25) is 0 Å². The van der Waals surface area contributed by atoms with Gasteiger partial charge in [-0.1, -0.05) is 0 Å². The summed E-state index contributed by atoms with van der Waals surface area (Å²) in [6, 6.07) is 7.56. The summed E-state index contributed by atoms with van der Waals surface area (Å²) >= 11 is 0. The molecule has 3 N–H and O–H groups in total. The quantitative estimate of drug-likeness (QED) is 0.717. The van der Waals surface area contributed by atoms with E-state index in [1.807, 2.05) is 42.9 Å². The van der Waals surface area contributed by atoms with E-state index >= 15 is 0 Å². The Bertz CT molecular complexity index is 457. The van der Waals surface area contributed by atoms with Crippen LogP contribution in [0.3, 0.4) is 0 Å². The Labute approximate surface area is 87.9 Å². The molecule has 78 valence electrons. The molecule has 0 fully saturated rings. The molecule has 0 atom stereocenters. The van der Waals surface area contributed by atoms with Crippen LogP contribution in [0.4, 0.5) is 11.6 Å². The predicted molar refractivity (Wildman–Crippen MR) is 60.4 cm³/mol. The summed E-state index contributed by atoms with van der Waals surface area (Å²) in [6.07, 6.45) is 0. The van der Waals surface area contributed by atoms with Crippen LogP contribution in [0.15, 0.2) is 24.3 Å². The van der Waals surface area contributed by atoms with Crippen LogP contribution in [0.25, 0.3) is 11.4 Å². The van der Waals surface area contributed by atoms with Crippen molar-refractivity contribution >= 4 is 11.6 Å². The summed E-state index contributed by atoms with van der Waals surface area (Å²) < 4.78 is 1.89. The summed E-state index contributed by atoms with van der Waals surface area (Å²) in [6.45, 7) is 0. The van der Waals surface area contributed by atoms with Gasteiger partial charge in [0.05, 0.1) is 0 Å². The van der Waals surface area contributed by atoms with Crippen molar-refractivity contribution in [3.63, 3.8) is 0 Å². The van der Waals surface area contributed by atoms with Gasteiger partial charge >= 0.3 is 0 Å². The van der Waals surface area contributed by atoms with Crippen molar-refractivity contribution in [1.29, 1.82) is 0 Å². The highest BCUT2D eigenvalue weighted by Crippen LogP contribution is 2.19. The minimum Gasteiger partial charge on any atom is -0.399 e. The van der Waals surface area contributed by atoms with E-state index in [0.29, 0.717) is 0 Å². The Morgan fingerprint density at radius 2 is 1.87 bits per heavy atom. The first kappa shape index (κ1) is 9.51. The molecule has 0 saturated carbocycles. The molecule has 1 aromatic heterocycles. The Hall–Kier alpha value is -2.04. The number of nitrogen functional groups attached to an aromatic ring is 1. The molecule has 0 spiro atoms. The largest absolute Gasteiger partial charge is 0.399 e. The van der Waals surface area contributed by atoms with Gasteiger partial charge in [-0.05, 0) is 24.3 Å². The number of nitrogens with two attached hydrogens (primary N) is 1. The summed E-state index contributed by atoms with van der Waals surface area (Å²) in [5.41, 5.74) is 7.36. The van der Waals surface area contributed by atoms with Gasteiger partial charge in [-0.15, -0.1) is 10.2 Å². The highest BCUT2D eigenvalue weighted by atomic mass is 15.3. The molecule has 0 radical (unpaired) electrons. The molecule has 0 aliphatic rings. The van der Waals surface area contributed by atoms with E-state index in [9.17, 15) is 0 Å². The van der Waals surface area contributed by atoms with Gasteiger partial charge in [-0.25, -0.2) is 0 Å². The van der Waals surface area contributed by atoms with E-state index in [-0.39, 0.29) is 0 Å². The normalized spacial score (nSPS) is 10.3. The molecule has 5 nitrogen and oxygen atoms in total. The second-order valence-corrected chi connectivity index (χ2v) is 3.28. The maximum absolute atomic E-state index is 5.62. The molecular weight excluding hydrogens is 190 g/mol. The standard InChI is InChI=1S/C10H13N5/c1-12-10-14-13-9(15(10)2)7-3-5-8(11)6-4-7/h3-6H,11H2,1-2H3,(H,12,14). The summed E-state index contributed by atoms with van der Waals surface area (Å²) in [5, 5.41) is 11.1. The minimum absolute atomic E-state index is 0.738. The zero-order chi connectivity index (χ0) is 10.8.